The molecule has 2 aliphatic rings. The van der Waals surface area contributed by atoms with Crippen LogP contribution in [0.1, 0.15) is 32.1 Å². The van der Waals surface area contributed by atoms with Gasteiger partial charge in [0.2, 0.25) is 5.36 Å². The summed E-state index contributed by atoms with van der Waals surface area (Å²) < 4.78 is 0.832. The minimum Gasteiger partial charge on any atom is -0.620 e. The highest BCUT2D eigenvalue weighted by molar-refractivity contribution is 5.28. The van der Waals surface area contributed by atoms with Gasteiger partial charge >= 0.3 is 5.72 Å². The van der Waals surface area contributed by atoms with Gasteiger partial charge in [-0.1, -0.05) is 11.6 Å². The van der Waals surface area contributed by atoms with E-state index in [0.717, 1.165) is 24.0 Å². The Morgan fingerprint density at radius 3 is 2.74 bits per heavy atom. The molecule has 1 heterocycles. The summed E-state index contributed by atoms with van der Waals surface area (Å²) in [6.07, 6.45) is 4.21. The molecular weight excluding hydrogens is 250 g/mol. The molecule has 1 aliphatic carbocycles. The Morgan fingerprint density at radius 1 is 1.32 bits per heavy atom. The summed E-state index contributed by atoms with van der Waals surface area (Å²) in [4.78, 5) is 15.6. The van der Waals surface area contributed by atoms with Crippen molar-refractivity contribution in [3.63, 3.8) is 0 Å². The lowest BCUT2D eigenvalue weighted by molar-refractivity contribution is -0.385. The van der Waals surface area contributed by atoms with Crippen molar-refractivity contribution in [2.45, 2.75) is 37.8 Å². The molecule has 7 heteroatoms. The van der Waals surface area contributed by atoms with Gasteiger partial charge in [0.05, 0.1) is 23.8 Å². The largest absolute Gasteiger partial charge is 0.620 e. The molecule has 3 rings (SSSR count). The third kappa shape index (κ3) is 1.81. The Kier molecular flexibility index (Phi) is 2.62. The first kappa shape index (κ1) is 11.9. The summed E-state index contributed by atoms with van der Waals surface area (Å²) in [7, 11) is 0. The topological polar surface area (TPSA) is 90.8 Å². The number of rotatable bonds is 1. The van der Waals surface area contributed by atoms with Crippen LogP contribution in [0, 0.1) is 15.3 Å². The number of hydrogen-bond donors (Lipinski definition) is 0. The SMILES string of the molecule is O=[N+]([O-])c1ccc2c(c1)=NOC1(CCCCC1)[N+]=2[O-]. The van der Waals surface area contributed by atoms with E-state index in [-0.39, 0.29) is 11.0 Å². The van der Waals surface area contributed by atoms with Crippen LogP contribution in [0.5, 0.6) is 0 Å². The molecule has 0 aromatic heterocycles. The molecule has 1 aromatic rings. The van der Waals surface area contributed by atoms with Crippen LogP contribution >= 0.6 is 0 Å². The van der Waals surface area contributed by atoms with Crippen LogP contribution in [0.2, 0.25) is 0 Å². The average Bonchev–Trinajstić information content (AvgIpc) is 2.44. The van der Waals surface area contributed by atoms with Gasteiger partial charge in [0.1, 0.15) is 0 Å². The zero-order chi connectivity index (χ0) is 13.5. The molecule has 1 fully saturated rings. The number of hydrogen-bond acceptors (Lipinski definition) is 5. The second-order valence-corrected chi connectivity index (χ2v) is 4.91. The van der Waals surface area contributed by atoms with Gasteiger partial charge in [-0.05, 0) is 12.8 Å². The predicted octanol–water partition coefficient (Wildman–Crippen LogP) is 0.809. The van der Waals surface area contributed by atoms with Crippen LogP contribution in [0.25, 0.3) is 0 Å². The second-order valence-electron chi connectivity index (χ2n) is 4.91. The van der Waals surface area contributed by atoms with Gasteiger partial charge in [-0.3, -0.25) is 10.1 Å². The number of benzene rings is 1. The quantitative estimate of drug-likeness (QED) is 0.324. The van der Waals surface area contributed by atoms with Crippen LogP contribution < -0.4 is 15.5 Å². The number of hydroxylamine groups is 1. The van der Waals surface area contributed by atoms with Crippen LogP contribution in [-0.4, -0.2) is 10.6 Å². The monoisotopic (exact) mass is 263 g/mol. The average molecular weight is 263 g/mol. The highest BCUT2D eigenvalue weighted by Gasteiger charge is 2.45. The molecule has 100 valence electrons. The van der Waals surface area contributed by atoms with E-state index in [9.17, 15) is 15.3 Å². The molecule has 1 spiro atoms. The molecule has 0 radical (unpaired) electrons. The highest BCUT2D eigenvalue weighted by Crippen LogP contribution is 2.31. The summed E-state index contributed by atoms with van der Waals surface area (Å²) in [5.41, 5.74) is -1.01. The van der Waals surface area contributed by atoms with E-state index in [1.807, 2.05) is 0 Å². The zero-order valence-corrected chi connectivity index (χ0v) is 10.2. The summed E-state index contributed by atoms with van der Waals surface area (Å²) in [5.74, 6) is 0. The first-order valence-electron chi connectivity index (χ1n) is 6.27. The van der Waals surface area contributed by atoms with Crippen LogP contribution in [-0.2, 0) is 4.84 Å². The van der Waals surface area contributed by atoms with Gasteiger partial charge in [-0.15, -0.1) is 0 Å². The third-order valence-corrected chi connectivity index (χ3v) is 3.71. The van der Waals surface area contributed by atoms with E-state index in [1.54, 1.807) is 0 Å². The van der Waals surface area contributed by atoms with Crippen molar-refractivity contribution in [1.82, 2.24) is 4.74 Å². The lowest BCUT2D eigenvalue weighted by Gasteiger charge is -2.33. The lowest BCUT2D eigenvalue weighted by Crippen LogP contribution is -2.56. The Bertz CT molecular complexity index is 649. The molecule has 0 atom stereocenters. The van der Waals surface area contributed by atoms with E-state index >= 15 is 0 Å². The maximum atomic E-state index is 12.4. The van der Waals surface area contributed by atoms with Crippen molar-refractivity contribution in [2.24, 2.45) is 5.16 Å². The standard InChI is InChI=1S/C12H13N3O4/c16-14-11-5-4-9(15(17)18)8-10(11)13-19-12(14)6-2-1-3-7-12/h4-5,8H,1-3,6-7H2. The molecule has 0 amide bonds. The first-order chi connectivity index (χ1) is 9.12. The van der Waals surface area contributed by atoms with E-state index < -0.39 is 10.6 Å². The molecule has 0 saturated heterocycles. The van der Waals surface area contributed by atoms with Crippen molar-refractivity contribution in [3.8, 4) is 0 Å². The molecule has 0 N–H and O–H groups in total. The summed E-state index contributed by atoms with van der Waals surface area (Å²) in [6, 6.07) is 4.03. The fraction of sp³-hybridized carbons (Fsp3) is 0.500. The Balaban J connectivity index is 2.15. The first-order valence-corrected chi connectivity index (χ1v) is 6.27. The van der Waals surface area contributed by atoms with E-state index in [1.165, 1.54) is 18.2 Å². The van der Waals surface area contributed by atoms with Crippen molar-refractivity contribution >= 4 is 5.69 Å². The Morgan fingerprint density at radius 2 is 2.05 bits per heavy atom. The van der Waals surface area contributed by atoms with Crippen molar-refractivity contribution in [2.75, 3.05) is 0 Å². The predicted molar refractivity (Wildman–Crippen MR) is 65.4 cm³/mol. The molecule has 1 saturated carbocycles. The maximum Gasteiger partial charge on any atom is 0.339 e. The number of nitro groups is 1. The fourth-order valence-corrected chi connectivity index (χ4v) is 2.66. The Labute approximate surface area is 108 Å². The maximum absolute atomic E-state index is 12.4. The second kappa shape index (κ2) is 4.18. The van der Waals surface area contributed by atoms with Crippen molar-refractivity contribution in [3.05, 3.63) is 44.2 Å². The van der Waals surface area contributed by atoms with Gasteiger partial charge in [0, 0.05) is 12.1 Å². The zero-order valence-electron chi connectivity index (χ0n) is 10.2. The molecule has 0 bridgehead atoms. The van der Waals surface area contributed by atoms with E-state index in [2.05, 4.69) is 5.16 Å². The minimum atomic E-state index is -0.915. The fourth-order valence-electron chi connectivity index (χ4n) is 2.66. The molecule has 0 unspecified atom stereocenters. The lowest BCUT2D eigenvalue weighted by atomic mass is 9.92. The summed E-state index contributed by atoms with van der Waals surface area (Å²) in [5, 5.41) is 27.6. The molecular formula is C12H13N3O4. The van der Waals surface area contributed by atoms with Crippen LogP contribution in [0.3, 0.4) is 0 Å². The van der Waals surface area contributed by atoms with Crippen molar-refractivity contribution < 1.29 is 9.76 Å². The van der Waals surface area contributed by atoms with Gasteiger partial charge in [0.25, 0.3) is 5.69 Å². The van der Waals surface area contributed by atoms with Crippen molar-refractivity contribution in [1.29, 1.82) is 0 Å². The molecule has 1 aliphatic heterocycles. The smallest absolute Gasteiger partial charge is 0.339 e. The number of nitrogens with zero attached hydrogens (tertiary/aromatic N) is 3. The highest BCUT2D eigenvalue weighted by atomic mass is 16.7. The normalized spacial score (nSPS) is 20.3. The summed E-state index contributed by atoms with van der Waals surface area (Å²) >= 11 is 0. The number of fused-ring (bicyclic) bond motifs is 1. The number of non-ortho nitro benzene ring substituents is 1. The van der Waals surface area contributed by atoms with Gasteiger partial charge in [0.15, 0.2) is 5.36 Å². The molecule has 7 nitrogen and oxygen atoms in total. The van der Waals surface area contributed by atoms with E-state index in [4.69, 9.17) is 4.84 Å². The van der Waals surface area contributed by atoms with Gasteiger partial charge in [-0.25, -0.2) is 0 Å². The van der Waals surface area contributed by atoms with Gasteiger partial charge < -0.3 is 10.0 Å². The van der Waals surface area contributed by atoms with Crippen LogP contribution in [0.4, 0.5) is 5.69 Å². The summed E-state index contributed by atoms with van der Waals surface area (Å²) in [6.45, 7) is 0. The Hall–Kier alpha value is -2.18. The van der Waals surface area contributed by atoms with Gasteiger partial charge in [-0.2, -0.15) is 4.74 Å². The van der Waals surface area contributed by atoms with E-state index in [0.29, 0.717) is 18.2 Å². The third-order valence-electron chi connectivity index (χ3n) is 3.71. The molecule has 19 heavy (non-hydrogen) atoms. The minimum absolute atomic E-state index is 0.0981. The molecule has 1 aromatic carbocycles. The number of nitro benzene ring substituents is 1. The van der Waals surface area contributed by atoms with Crippen LogP contribution in [0.15, 0.2) is 23.4 Å².